The van der Waals surface area contributed by atoms with Gasteiger partial charge >= 0.3 is 5.91 Å². The Kier molecular flexibility index (Phi) is 9.06. The highest BCUT2D eigenvalue weighted by Crippen LogP contribution is 2.45. The Hall–Kier alpha value is -3.67. The molecule has 0 aliphatic carbocycles. The SMILES string of the molecule is O=C1C(=O)N(c2nnc(SCc3ccc(Cl)cc3Cl)s2)C(c2cccc(Oc3ccccc3)c2)/C1=C(/O)c1ccc(Br)cc1. The van der Waals surface area contributed by atoms with Gasteiger partial charge < -0.3 is 9.84 Å². The van der Waals surface area contributed by atoms with Crippen LogP contribution in [0.1, 0.15) is 22.7 Å². The van der Waals surface area contributed by atoms with Crippen LogP contribution in [0.4, 0.5) is 5.13 Å². The molecule has 5 aromatic rings. The van der Waals surface area contributed by atoms with Gasteiger partial charge in [-0.3, -0.25) is 14.5 Å². The standard InChI is InChI=1S/C32H20BrCl2N3O4S2/c33-21-12-9-18(10-13-21)28(39)26-27(19-5-4-8-24(15-19)42-23-6-2-1-3-7-23)38(30(41)29(26)40)31-36-37-32(44-31)43-17-20-11-14-22(34)16-25(20)35/h1-16,27,39H,17H2/b28-26-. The van der Waals surface area contributed by atoms with Crippen LogP contribution in [0, 0.1) is 0 Å². The molecule has 0 saturated carbocycles. The molecule has 1 unspecified atom stereocenters. The summed E-state index contributed by atoms with van der Waals surface area (Å²) in [5.41, 5.74) is 1.74. The van der Waals surface area contributed by atoms with E-state index >= 15 is 0 Å². The third kappa shape index (κ3) is 6.40. The molecular weight excluding hydrogens is 705 g/mol. The monoisotopic (exact) mass is 723 g/mol. The molecule has 2 heterocycles. The molecule has 4 aromatic carbocycles. The number of nitrogens with zero attached hydrogens (tertiary/aromatic N) is 3. The van der Waals surface area contributed by atoms with Gasteiger partial charge in [-0.1, -0.05) is 111 Å². The van der Waals surface area contributed by atoms with E-state index in [9.17, 15) is 14.7 Å². The van der Waals surface area contributed by atoms with Gasteiger partial charge in [-0.15, -0.1) is 10.2 Å². The summed E-state index contributed by atoms with van der Waals surface area (Å²) in [5.74, 6) is -0.334. The Bertz CT molecular complexity index is 1900. The van der Waals surface area contributed by atoms with Crippen molar-refractivity contribution in [1.82, 2.24) is 10.2 Å². The van der Waals surface area contributed by atoms with Crippen molar-refractivity contribution in [2.75, 3.05) is 4.90 Å². The molecule has 6 rings (SSSR count). The first-order valence-corrected chi connectivity index (χ1v) is 16.4. The summed E-state index contributed by atoms with van der Waals surface area (Å²) < 4.78 is 7.41. The van der Waals surface area contributed by atoms with Crippen molar-refractivity contribution in [2.45, 2.75) is 16.1 Å². The van der Waals surface area contributed by atoms with Gasteiger partial charge in [0.05, 0.1) is 11.6 Å². The minimum absolute atomic E-state index is 0.0634. The second-order valence-corrected chi connectivity index (χ2v) is 13.5. The Morgan fingerprint density at radius 3 is 2.43 bits per heavy atom. The van der Waals surface area contributed by atoms with Crippen LogP contribution in [0.25, 0.3) is 5.76 Å². The third-order valence-corrected chi connectivity index (χ3v) is 9.90. The molecule has 1 atom stereocenters. The number of anilines is 1. The molecule has 0 radical (unpaired) electrons. The summed E-state index contributed by atoms with van der Waals surface area (Å²) in [6, 6.07) is 27.4. The molecule has 0 spiro atoms. The molecule has 1 saturated heterocycles. The Morgan fingerprint density at radius 1 is 0.932 bits per heavy atom. The molecule has 1 N–H and O–H groups in total. The molecule has 44 heavy (non-hydrogen) atoms. The van der Waals surface area contributed by atoms with E-state index < -0.39 is 17.7 Å². The molecule has 0 bridgehead atoms. The number of carbonyl (C=O) groups excluding carboxylic acids is 2. The Morgan fingerprint density at radius 2 is 1.68 bits per heavy atom. The zero-order chi connectivity index (χ0) is 30.8. The predicted octanol–water partition coefficient (Wildman–Crippen LogP) is 9.32. The number of benzene rings is 4. The number of aromatic nitrogens is 2. The van der Waals surface area contributed by atoms with Crippen molar-refractivity contribution in [1.29, 1.82) is 0 Å². The van der Waals surface area contributed by atoms with Crippen LogP contribution in [-0.2, 0) is 15.3 Å². The number of amides is 1. The highest BCUT2D eigenvalue weighted by atomic mass is 79.9. The minimum atomic E-state index is -0.991. The average molecular weight is 725 g/mol. The van der Waals surface area contributed by atoms with Crippen LogP contribution < -0.4 is 9.64 Å². The van der Waals surface area contributed by atoms with Gasteiger partial charge in [0, 0.05) is 25.8 Å². The van der Waals surface area contributed by atoms with Gasteiger partial charge in [0.1, 0.15) is 17.3 Å². The number of ether oxygens (including phenoxy) is 1. The summed E-state index contributed by atoms with van der Waals surface area (Å²) in [5, 5.41) is 21.3. The molecule has 7 nitrogen and oxygen atoms in total. The summed E-state index contributed by atoms with van der Waals surface area (Å²) in [4.78, 5) is 28.5. The number of halogens is 3. The van der Waals surface area contributed by atoms with E-state index in [0.29, 0.717) is 42.8 Å². The number of hydrogen-bond donors (Lipinski definition) is 1. The van der Waals surface area contributed by atoms with Crippen LogP contribution in [0.2, 0.25) is 10.0 Å². The van der Waals surface area contributed by atoms with Gasteiger partial charge in [-0.25, -0.2) is 0 Å². The maximum atomic E-state index is 13.6. The highest BCUT2D eigenvalue weighted by molar-refractivity contribution is 9.10. The number of hydrogen-bond acceptors (Lipinski definition) is 8. The summed E-state index contributed by atoms with van der Waals surface area (Å²) in [6.45, 7) is 0. The fourth-order valence-corrected chi connectivity index (χ4v) is 7.31. The maximum absolute atomic E-state index is 13.6. The summed E-state index contributed by atoms with van der Waals surface area (Å²) >= 11 is 18.3. The molecule has 1 aromatic heterocycles. The first-order valence-electron chi connectivity index (χ1n) is 13.1. The minimum Gasteiger partial charge on any atom is -0.507 e. The number of para-hydroxylation sites is 1. The van der Waals surface area contributed by atoms with Crippen LogP contribution in [0.3, 0.4) is 0 Å². The fourth-order valence-electron chi connectivity index (χ4n) is 4.62. The van der Waals surface area contributed by atoms with Crippen molar-refractivity contribution in [3.8, 4) is 11.5 Å². The normalized spacial score (nSPS) is 16.0. The molecular formula is C32H20BrCl2N3O4S2. The first-order chi connectivity index (χ1) is 21.3. The topological polar surface area (TPSA) is 92.6 Å². The first kappa shape index (κ1) is 30.4. The molecule has 1 amide bonds. The number of Topliss-reactive ketones (excluding diaryl/α,β-unsaturated/α-hetero) is 1. The van der Waals surface area contributed by atoms with E-state index in [4.69, 9.17) is 27.9 Å². The molecule has 1 aliphatic rings. The van der Waals surface area contributed by atoms with E-state index in [0.717, 1.165) is 21.4 Å². The van der Waals surface area contributed by atoms with Crippen molar-refractivity contribution < 1.29 is 19.4 Å². The number of aliphatic hydroxyl groups excluding tert-OH is 1. The lowest BCUT2D eigenvalue weighted by atomic mass is 9.95. The maximum Gasteiger partial charge on any atom is 0.301 e. The van der Waals surface area contributed by atoms with Crippen molar-refractivity contribution >= 4 is 84.8 Å². The summed E-state index contributed by atoms with van der Waals surface area (Å²) in [6.07, 6.45) is 0. The van der Waals surface area contributed by atoms with Crippen LogP contribution >= 0.6 is 62.2 Å². The van der Waals surface area contributed by atoms with E-state index in [2.05, 4.69) is 26.1 Å². The predicted molar refractivity (Wildman–Crippen MR) is 178 cm³/mol. The number of ketones is 1. The number of thioether (sulfide) groups is 1. The number of aliphatic hydroxyl groups is 1. The zero-order valence-electron chi connectivity index (χ0n) is 22.5. The van der Waals surface area contributed by atoms with Gasteiger partial charge in [0.2, 0.25) is 5.13 Å². The largest absolute Gasteiger partial charge is 0.507 e. The molecule has 1 fully saturated rings. The second-order valence-electron chi connectivity index (χ2n) is 9.54. The van der Waals surface area contributed by atoms with Gasteiger partial charge in [-0.2, -0.15) is 0 Å². The number of carbonyl (C=O) groups is 2. The van der Waals surface area contributed by atoms with Crippen LogP contribution in [-0.4, -0.2) is 27.0 Å². The van der Waals surface area contributed by atoms with Crippen molar-refractivity contribution in [3.63, 3.8) is 0 Å². The molecule has 1 aliphatic heterocycles. The van der Waals surface area contributed by atoms with Crippen molar-refractivity contribution in [3.05, 3.63) is 134 Å². The van der Waals surface area contributed by atoms with Gasteiger partial charge in [0.15, 0.2) is 4.34 Å². The van der Waals surface area contributed by atoms with E-state index in [1.807, 2.05) is 36.4 Å². The average Bonchev–Trinajstić information content (AvgIpc) is 3.59. The van der Waals surface area contributed by atoms with E-state index in [1.54, 1.807) is 60.7 Å². The van der Waals surface area contributed by atoms with Crippen LogP contribution in [0.5, 0.6) is 11.5 Å². The lowest BCUT2D eigenvalue weighted by Crippen LogP contribution is -2.29. The van der Waals surface area contributed by atoms with E-state index in [-0.39, 0.29) is 16.5 Å². The Balaban J connectivity index is 1.39. The second kappa shape index (κ2) is 13.1. The number of rotatable bonds is 8. The van der Waals surface area contributed by atoms with Gasteiger partial charge in [-0.05, 0) is 59.7 Å². The quantitative estimate of drug-likeness (QED) is 0.0561. The third-order valence-electron chi connectivity index (χ3n) is 6.68. The van der Waals surface area contributed by atoms with E-state index in [1.165, 1.54) is 16.7 Å². The summed E-state index contributed by atoms with van der Waals surface area (Å²) in [7, 11) is 0. The van der Waals surface area contributed by atoms with Gasteiger partial charge in [0.25, 0.3) is 5.78 Å². The smallest absolute Gasteiger partial charge is 0.301 e. The Labute approximate surface area is 279 Å². The zero-order valence-corrected chi connectivity index (χ0v) is 27.2. The molecule has 12 heteroatoms. The van der Waals surface area contributed by atoms with Crippen molar-refractivity contribution in [2.24, 2.45) is 0 Å². The lowest BCUT2D eigenvalue weighted by molar-refractivity contribution is -0.132. The van der Waals surface area contributed by atoms with Crippen LogP contribution in [0.15, 0.2) is 111 Å². The fraction of sp³-hybridized carbons (Fsp3) is 0.0625. The highest BCUT2D eigenvalue weighted by Gasteiger charge is 2.48. The molecule has 220 valence electrons. The lowest BCUT2D eigenvalue weighted by Gasteiger charge is -2.23.